The molecule has 1 aliphatic rings. The summed E-state index contributed by atoms with van der Waals surface area (Å²) < 4.78 is 26.6. The van der Waals surface area contributed by atoms with Crippen LogP contribution in [0, 0.1) is 5.92 Å². The molecule has 2 atom stereocenters. The Morgan fingerprint density at radius 1 is 1.32 bits per heavy atom. The number of hydrogen-bond acceptors (Lipinski definition) is 2. The highest BCUT2D eigenvalue weighted by Gasteiger charge is 2.30. The van der Waals surface area contributed by atoms with Crippen LogP contribution < -0.4 is 4.72 Å². The van der Waals surface area contributed by atoms with Crippen molar-refractivity contribution >= 4 is 21.6 Å². The lowest BCUT2D eigenvalue weighted by Gasteiger charge is -2.14. The molecule has 0 amide bonds. The minimum Gasteiger partial charge on any atom is -0.214 e. The van der Waals surface area contributed by atoms with Crippen molar-refractivity contribution in [3.05, 3.63) is 35.9 Å². The average molecular weight is 302 g/mol. The van der Waals surface area contributed by atoms with Crippen molar-refractivity contribution in [2.45, 2.75) is 31.1 Å². The smallest absolute Gasteiger partial charge is 0.212 e. The number of benzene rings is 1. The summed E-state index contributed by atoms with van der Waals surface area (Å²) in [5.41, 5.74) is 1.04. The first-order chi connectivity index (χ1) is 8.98. The first-order valence-corrected chi connectivity index (χ1v) is 8.73. The fourth-order valence-electron chi connectivity index (χ4n) is 2.10. The Hall–Kier alpha value is -0.580. The van der Waals surface area contributed by atoms with E-state index < -0.39 is 10.0 Å². The molecule has 0 heterocycles. The molecule has 1 N–H and O–H groups in total. The summed E-state index contributed by atoms with van der Waals surface area (Å²) >= 11 is 6.11. The number of alkyl halides is 1. The monoisotopic (exact) mass is 301 g/mol. The van der Waals surface area contributed by atoms with Crippen molar-refractivity contribution in [2.75, 3.05) is 12.3 Å². The second-order valence-electron chi connectivity index (χ2n) is 5.30. The minimum atomic E-state index is -3.26. The molecule has 2 unspecified atom stereocenters. The number of rotatable bonds is 7. The van der Waals surface area contributed by atoms with Gasteiger partial charge in [0.25, 0.3) is 0 Å². The Morgan fingerprint density at radius 2 is 1.95 bits per heavy atom. The predicted molar refractivity (Wildman–Crippen MR) is 79.0 cm³/mol. The number of hydrogen-bond donors (Lipinski definition) is 1. The second kappa shape index (κ2) is 6.25. The van der Waals surface area contributed by atoms with E-state index in [4.69, 9.17) is 11.6 Å². The van der Waals surface area contributed by atoms with Gasteiger partial charge in [-0.15, -0.1) is 11.6 Å². The first-order valence-electron chi connectivity index (χ1n) is 6.64. The quantitative estimate of drug-likeness (QED) is 0.787. The van der Waals surface area contributed by atoms with Crippen molar-refractivity contribution in [1.29, 1.82) is 0 Å². The van der Waals surface area contributed by atoms with Gasteiger partial charge in [-0.3, -0.25) is 0 Å². The maximum Gasteiger partial charge on any atom is 0.212 e. The van der Waals surface area contributed by atoms with E-state index in [0.29, 0.717) is 12.5 Å². The lowest BCUT2D eigenvalue weighted by atomic mass is 10.0. The van der Waals surface area contributed by atoms with Crippen LogP contribution in [0.4, 0.5) is 0 Å². The fraction of sp³-hybridized carbons (Fsp3) is 0.571. The molecule has 0 aliphatic heterocycles. The first kappa shape index (κ1) is 14.8. The molecule has 1 fully saturated rings. The molecule has 3 nitrogen and oxygen atoms in total. The summed E-state index contributed by atoms with van der Waals surface area (Å²) in [7, 11) is -3.26. The highest BCUT2D eigenvalue weighted by atomic mass is 35.5. The average Bonchev–Trinajstić information content (AvgIpc) is 3.21. The molecule has 0 spiro atoms. The molecular weight excluding hydrogens is 282 g/mol. The zero-order chi connectivity index (χ0) is 13.9. The molecule has 1 aliphatic carbocycles. The van der Waals surface area contributed by atoms with Crippen LogP contribution >= 0.6 is 11.6 Å². The van der Waals surface area contributed by atoms with Gasteiger partial charge in [0.1, 0.15) is 0 Å². The van der Waals surface area contributed by atoms with Gasteiger partial charge in [0.15, 0.2) is 0 Å². The molecule has 0 bridgehead atoms. The molecule has 1 aromatic rings. The minimum absolute atomic E-state index is 0.0200. The number of sulfonamides is 1. The Labute approximate surface area is 120 Å². The number of halogens is 1. The van der Waals surface area contributed by atoms with Crippen LogP contribution in [0.5, 0.6) is 0 Å². The summed E-state index contributed by atoms with van der Waals surface area (Å²) in [6.07, 6.45) is 2.24. The van der Waals surface area contributed by atoms with E-state index in [0.717, 1.165) is 18.4 Å². The molecule has 1 aromatic carbocycles. The zero-order valence-electron chi connectivity index (χ0n) is 11.0. The predicted octanol–water partition coefficient (Wildman–Crippen LogP) is 2.73. The topological polar surface area (TPSA) is 46.2 Å². The van der Waals surface area contributed by atoms with Crippen molar-refractivity contribution in [2.24, 2.45) is 5.92 Å². The Bertz CT molecular complexity index is 499. The van der Waals surface area contributed by atoms with E-state index in [1.54, 1.807) is 0 Å². The summed E-state index contributed by atoms with van der Waals surface area (Å²) in [6, 6.07) is 9.68. The maximum absolute atomic E-state index is 12.0. The van der Waals surface area contributed by atoms with E-state index in [1.807, 2.05) is 37.3 Å². The van der Waals surface area contributed by atoms with Crippen LogP contribution in [0.1, 0.15) is 31.2 Å². The zero-order valence-corrected chi connectivity index (χ0v) is 12.6. The second-order valence-corrected chi connectivity index (χ2v) is 7.71. The van der Waals surface area contributed by atoms with E-state index >= 15 is 0 Å². The van der Waals surface area contributed by atoms with Crippen LogP contribution in [-0.2, 0) is 10.0 Å². The van der Waals surface area contributed by atoms with Crippen LogP contribution in [0.3, 0.4) is 0 Å². The molecule has 106 valence electrons. The van der Waals surface area contributed by atoms with Gasteiger partial charge < -0.3 is 0 Å². The summed E-state index contributed by atoms with van der Waals surface area (Å²) in [5.74, 6) is 0.579. The molecule has 0 radical (unpaired) electrons. The van der Waals surface area contributed by atoms with E-state index in [-0.39, 0.29) is 17.0 Å². The van der Waals surface area contributed by atoms with Crippen molar-refractivity contribution in [1.82, 2.24) is 4.72 Å². The van der Waals surface area contributed by atoms with Crippen LogP contribution in [0.15, 0.2) is 30.3 Å². The third kappa shape index (κ3) is 4.79. The lowest BCUT2D eigenvalue weighted by Crippen LogP contribution is -2.33. The van der Waals surface area contributed by atoms with Gasteiger partial charge in [0, 0.05) is 11.9 Å². The standard InChI is InChI=1S/C14H20ClNO2S/c1-11(12-5-3-2-4-6-12)10-19(17,18)16-9-14(15)13-7-8-13/h2-6,11,13-14,16H,7-10H2,1H3. The molecule has 19 heavy (non-hydrogen) atoms. The summed E-state index contributed by atoms with van der Waals surface area (Å²) in [4.78, 5) is 0. The summed E-state index contributed by atoms with van der Waals surface area (Å²) in [6.45, 7) is 2.27. The Morgan fingerprint density at radius 3 is 2.53 bits per heavy atom. The van der Waals surface area contributed by atoms with Crippen molar-refractivity contribution in [3.63, 3.8) is 0 Å². The van der Waals surface area contributed by atoms with Gasteiger partial charge in [-0.05, 0) is 30.2 Å². The molecule has 0 saturated heterocycles. The van der Waals surface area contributed by atoms with Crippen molar-refractivity contribution in [3.8, 4) is 0 Å². The third-order valence-corrected chi connectivity index (χ3v) is 5.53. The molecule has 5 heteroatoms. The largest absolute Gasteiger partial charge is 0.214 e. The molecule has 0 aromatic heterocycles. The van der Waals surface area contributed by atoms with E-state index in [2.05, 4.69) is 4.72 Å². The van der Waals surface area contributed by atoms with Gasteiger partial charge in [-0.2, -0.15) is 0 Å². The highest BCUT2D eigenvalue weighted by Crippen LogP contribution is 2.35. The molecular formula is C14H20ClNO2S. The normalized spacial score (nSPS) is 19.1. The Balaban J connectivity index is 1.86. The van der Waals surface area contributed by atoms with Crippen LogP contribution in [0.2, 0.25) is 0 Å². The Kier molecular flexibility index (Phi) is 4.87. The SMILES string of the molecule is CC(CS(=O)(=O)NCC(Cl)C1CC1)c1ccccc1. The molecule has 2 rings (SSSR count). The van der Waals surface area contributed by atoms with Crippen LogP contribution in [0.25, 0.3) is 0 Å². The van der Waals surface area contributed by atoms with Gasteiger partial charge >= 0.3 is 0 Å². The lowest BCUT2D eigenvalue weighted by molar-refractivity contribution is 0.571. The third-order valence-electron chi connectivity index (χ3n) is 3.47. The van der Waals surface area contributed by atoms with Gasteiger partial charge in [-0.1, -0.05) is 37.3 Å². The van der Waals surface area contributed by atoms with Gasteiger partial charge in [0.05, 0.1) is 5.75 Å². The number of nitrogens with one attached hydrogen (secondary N) is 1. The van der Waals surface area contributed by atoms with E-state index in [9.17, 15) is 8.42 Å². The van der Waals surface area contributed by atoms with Crippen LogP contribution in [-0.4, -0.2) is 26.1 Å². The van der Waals surface area contributed by atoms with Gasteiger partial charge in [-0.25, -0.2) is 13.1 Å². The fourth-order valence-corrected chi connectivity index (χ4v) is 3.92. The maximum atomic E-state index is 12.0. The van der Waals surface area contributed by atoms with E-state index in [1.165, 1.54) is 0 Å². The molecule has 1 saturated carbocycles. The van der Waals surface area contributed by atoms with Crippen molar-refractivity contribution < 1.29 is 8.42 Å². The van der Waals surface area contributed by atoms with Gasteiger partial charge in [0.2, 0.25) is 10.0 Å². The summed E-state index contributed by atoms with van der Waals surface area (Å²) in [5, 5.41) is -0.0678. The highest BCUT2D eigenvalue weighted by molar-refractivity contribution is 7.89.